The molecule has 1 aromatic heterocycles. The Bertz CT molecular complexity index is 945. The normalized spacial score (nSPS) is 10.4. The Morgan fingerprint density at radius 3 is 2.18 bits per heavy atom. The molecule has 0 aliphatic rings. The van der Waals surface area contributed by atoms with Crippen LogP contribution in [0.1, 0.15) is 22.3 Å². The van der Waals surface area contributed by atoms with Crippen molar-refractivity contribution in [2.24, 2.45) is 0 Å². The summed E-state index contributed by atoms with van der Waals surface area (Å²) in [5, 5.41) is 6.18. The lowest BCUT2D eigenvalue weighted by atomic mass is 10.0. The highest BCUT2D eigenvalue weighted by atomic mass is 32.1. The number of esters is 1. The molecule has 0 saturated heterocycles. The van der Waals surface area contributed by atoms with Crippen LogP contribution >= 0.6 is 11.3 Å². The fourth-order valence-electron chi connectivity index (χ4n) is 2.78. The summed E-state index contributed by atoms with van der Waals surface area (Å²) in [4.78, 5) is 23.9. The molecule has 1 amide bonds. The van der Waals surface area contributed by atoms with E-state index in [1.807, 2.05) is 48.5 Å². The van der Waals surface area contributed by atoms with E-state index in [-0.39, 0.29) is 5.91 Å². The van der Waals surface area contributed by atoms with Gasteiger partial charge < -0.3 is 14.8 Å². The predicted octanol–water partition coefficient (Wildman–Crippen LogP) is 4.78. The van der Waals surface area contributed by atoms with Gasteiger partial charge in [0.15, 0.2) is 0 Å². The molecular weight excluding hydrogens is 374 g/mol. The molecule has 0 saturated carbocycles. The third-order valence-corrected chi connectivity index (χ3v) is 5.10. The number of carbonyl (C=O) groups is 2. The van der Waals surface area contributed by atoms with Crippen LogP contribution in [0.5, 0.6) is 5.75 Å². The number of amides is 1. The summed E-state index contributed by atoms with van der Waals surface area (Å²) in [5.41, 5.74) is 4.17. The Morgan fingerprint density at radius 1 is 0.929 bits per heavy atom. The first-order chi connectivity index (χ1) is 13.6. The van der Waals surface area contributed by atoms with Crippen LogP contribution in [-0.4, -0.2) is 26.1 Å². The zero-order chi connectivity index (χ0) is 19.9. The quantitative estimate of drug-likeness (QED) is 0.585. The van der Waals surface area contributed by atoms with E-state index in [2.05, 4.69) is 5.32 Å². The lowest BCUT2D eigenvalue weighted by Crippen LogP contribution is -2.14. The van der Waals surface area contributed by atoms with Gasteiger partial charge in [-0.3, -0.25) is 4.79 Å². The van der Waals surface area contributed by atoms with Gasteiger partial charge in [0.1, 0.15) is 5.75 Å². The van der Waals surface area contributed by atoms with Crippen molar-refractivity contribution in [3.63, 3.8) is 0 Å². The molecule has 0 fully saturated rings. The summed E-state index contributed by atoms with van der Waals surface area (Å²) in [5.74, 6) is 0.237. The summed E-state index contributed by atoms with van der Waals surface area (Å²) in [7, 11) is 2.97. The van der Waals surface area contributed by atoms with Crippen LogP contribution < -0.4 is 10.1 Å². The first-order valence-corrected chi connectivity index (χ1v) is 9.72. The molecule has 0 radical (unpaired) electrons. The highest BCUT2D eigenvalue weighted by molar-refractivity contribution is 7.08. The van der Waals surface area contributed by atoms with E-state index in [1.54, 1.807) is 17.9 Å². The largest absolute Gasteiger partial charge is 0.497 e. The summed E-state index contributed by atoms with van der Waals surface area (Å²) < 4.78 is 9.90. The van der Waals surface area contributed by atoms with Crippen LogP contribution in [0.15, 0.2) is 59.3 Å². The van der Waals surface area contributed by atoms with Gasteiger partial charge >= 0.3 is 5.97 Å². The van der Waals surface area contributed by atoms with Crippen molar-refractivity contribution in [3.8, 4) is 16.9 Å². The van der Waals surface area contributed by atoms with Crippen LogP contribution in [0.4, 0.5) is 5.69 Å². The second-order valence-corrected chi connectivity index (χ2v) is 6.91. The molecule has 28 heavy (non-hydrogen) atoms. The van der Waals surface area contributed by atoms with Gasteiger partial charge in [-0.2, -0.15) is 0 Å². The smallest absolute Gasteiger partial charge is 0.340 e. The van der Waals surface area contributed by atoms with Gasteiger partial charge in [-0.15, -0.1) is 11.3 Å². The van der Waals surface area contributed by atoms with Crippen LogP contribution in [0.25, 0.3) is 11.1 Å². The van der Waals surface area contributed by atoms with Crippen molar-refractivity contribution in [1.82, 2.24) is 0 Å². The molecule has 1 N–H and O–H groups in total. The Morgan fingerprint density at radius 2 is 1.57 bits per heavy atom. The lowest BCUT2D eigenvalue weighted by molar-refractivity contribution is -0.116. The molecule has 144 valence electrons. The van der Waals surface area contributed by atoms with Crippen LogP contribution in [0.2, 0.25) is 0 Å². The molecule has 1 heterocycles. The molecule has 3 rings (SSSR count). The van der Waals surface area contributed by atoms with Gasteiger partial charge in [0, 0.05) is 17.2 Å². The van der Waals surface area contributed by atoms with E-state index in [0.29, 0.717) is 24.1 Å². The fraction of sp³-hybridized carbons (Fsp3) is 0.182. The van der Waals surface area contributed by atoms with E-state index < -0.39 is 5.97 Å². The third-order valence-electron chi connectivity index (χ3n) is 4.36. The van der Waals surface area contributed by atoms with Crippen molar-refractivity contribution >= 4 is 28.9 Å². The molecule has 5 nitrogen and oxygen atoms in total. The Hall–Kier alpha value is -3.12. The van der Waals surface area contributed by atoms with E-state index in [9.17, 15) is 9.59 Å². The maximum absolute atomic E-state index is 12.2. The summed E-state index contributed by atoms with van der Waals surface area (Å²) in [6.45, 7) is 0. The minimum absolute atomic E-state index is 0.136. The SMILES string of the molecule is COC(=O)c1cscc1NC(=O)CCc1ccc(-c2ccc(OC)cc2)cc1. The summed E-state index contributed by atoms with van der Waals surface area (Å²) in [6.07, 6.45) is 0.949. The Labute approximate surface area is 167 Å². The number of aryl methyl sites for hydroxylation is 1. The maximum Gasteiger partial charge on any atom is 0.340 e. The fourth-order valence-corrected chi connectivity index (χ4v) is 3.53. The highest BCUT2D eigenvalue weighted by Crippen LogP contribution is 2.24. The lowest BCUT2D eigenvalue weighted by Gasteiger charge is -2.07. The molecule has 0 aliphatic carbocycles. The molecule has 2 aromatic carbocycles. The average Bonchev–Trinajstić information content (AvgIpc) is 3.20. The standard InChI is InChI=1S/C22H21NO4S/c1-26-18-10-8-17(9-11-18)16-6-3-15(4-7-16)5-12-21(24)23-20-14-28-13-19(20)22(25)27-2/h3-4,6-11,13-14H,5,12H2,1-2H3,(H,23,24). The van der Waals surface area contributed by atoms with E-state index in [0.717, 1.165) is 22.4 Å². The summed E-state index contributed by atoms with van der Waals surface area (Å²) >= 11 is 1.34. The maximum atomic E-state index is 12.2. The minimum Gasteiger partial charge on any atom is -0.497 e. The molecule has 0 unspecified atom stereocenters. The first kappa shape index (κ1) is 19.6. The first-order valence-electron chi connectivity index (χ1n) is 8.78. The van der Waals surface area contributed by atoms with Crippen molar-refractivity contribution in [2.75, 3.05) is 19.5 Å². The monoisotopic (exact) mass is 395 g/mol. The number of thiophene rings is 1. The van der Waals surface area contributed by atoms with Crippen LogP contribution in [0, 0.1) is 0 Å². The van der Waals surface area contributed by atoms with Crippen LogP contribution in [0.3, 0.4) is 0 Å². The number of benzene rings is 2. The Kier molecular flexibility index (Phi) is 6.45. The number of rotatable bonds is 7. The topological polar surface area (TPSA) is 64.6 Å². The van der Waals surface area contributed by atoms with Crippen LogP contribution in [-0.2, 0) is 16.0 Å². The van der Waals surface area contributed by atoms with Crippen molar-refractivity contribution in [1.29, 1.82) is 0 Å². The molecule has 6 heteroatoms. The van der Waals surface area contributed by atoms with Gasteiger partial charge in [-0.05, 0) is 35.2 Å². The Balaban J connectivity index is 1.56. The minimum atomic E-state index is -0.453. The molecule has 0 spiro atoms. The van der Waals surface area contributed by atoms with Gasteiger partial charge in [-0.1, -0.05) is 36.4 Å². The number of carbonyl (C=O) groups excluding carboxylic acids is 2. The number of methoxy groups -OCH3 is 2. The molecule has 0 aliphatic heterocycles. The highest BCUT2D eigenvalue weighted by Gasteiger charge is 2.15. The second kappa shape index (κ2) is 9.19. The predicted molar refractivity (Wildman–Crippen MR) is 111 cm³/mol. The van der Waals surface area contributed by atoms with Gasteiger partial charge in [-0.25, -0.2) is 4.79 Å². The molecule has 3 aromatic rings. The molecule has 0 bridgehead atoms. The number of ether oxygens (including phenoxy) is 2. The number of nitrogens with one attached hydrogen (secondary N) is 1. The zero-order valence-corrected chi connectivity index (χ0v) is 16.5. The second-order valence-electron chi connectivity index (χ2n) is 6.16. The van der Waals surface area contributed by atoms with Gasteiger partial charge in [0.05, 0.1) is 25.5 Å². The van der Waals surface area contributed by atoms with Gasteiger partial charge in [0.25, 0.3) is 0 Å². The third kappa shape index (κ3) is 4.78. The van der Waals surface area contributed by atoms with Crippen molar-refractivity contribution in [2.45, 2.75) is 12.8 Å². The van der Waals surface area contributed by atoms with Crippen molar-refractivity contribution < 1.29 is 19.1 Å². The van der Waals surface area contributed by atoms with E-state index in [1.165, 1.54) is 18.4 Å². The van der Waals surface area contributed by atoms with Crippen molar-refractivity contribution in [3.05, 3.63) is 70.4 Å². The van der Waals surface area contributed by atoms with E-state index >= 15 is 0 Å². The zero-order valence-electron chi connectivity index (χ0n) is 15.7. The molecular formula is C22H21NO4S. The summed E-state index contributed by atoms with van der Waals surface area (Å²) in [6, 6.07) is 16.0. The van der Waals surface area contributed by atoms with E-state index in [4.69, 9.17) is 9.47 Å². The average molecular weight is 395 g/mol. The van der Waals surface area contributed by atoms with Gasteiger partial charge in [0.2, 0.25) is 5.91 Å². The number of anilines is 1. The number of hydrogen-bond donors (Lipinski definition) is 1. The molecule has 0 atom stereocenters. The number of hydrogen-bond acceptors (Lipinski definition) is 5.